The molecule has 138 valence electrons. The number of amides is 1. The van der Waals surface area contributed by atoms with E-state index in [0.29, 0.717) is 25.8 Å². The summed E-state index contributed by atoms with van der Waals surface area (Å²) in [4.78, 5) is 13.7. The fourth-order valence-electron chi connectivity index (χ4n) is 3.23. The van der Waals surface area contributed by atoms with Gasteiger partial charge in [-0.3, -0.25) is 9.69 Å². The van der Waals surface area contributed by atoms with Crippen LogP contribution in [0.2, 0.25) is 0 Å². The fraction of sp³-hybridized carbons (Fsp3) is 0.611. The first-order chi connectivity index (χ1) is 12.2. The van der Waals surface area contributed by atoms with Crippen molar-refractivity contribution < 1.29 is 14.3 Å². The van der Waals surface area contributed by atoms with E-state index in [4.69, 9.17) is 9.47 Å². The van der Waals surface area contributed by atoms with Crippen molar-refractivity contribution in [2.75, 3.05) is 39.9 Å². The van der Waals surface area contributed by atoms with Crippen molar-refractivity contribution in [2.24, 2.45) is 0 Å². The Kier molecular flexibility index (Phi) is 6.56. The molecular weight excluding hydrogens is 386 g/mol. The number of hydrogen-bond donors (Lipinski definition) is 2. The number of rotatable bonds is 5. The smallest absolute Gasteiger partial charge is 0.233 e. The third-order valence-corrected chi connectivity index (χ3v) is 5.28. The van der Waals surface area contributed by atoms with E-state index in [1.165, 1.54) is 5.56 Å². The van der Waals surface area contributed by atoms with E-state index in [2.05, 4.69) is 43.6 Å². The Morgan fingerprint density at radius 1 is 1.28 bits per heavy atom. The molecule has 0 atom stereocenters. The van der Waals surface area contributed by atoms with Gasteiger partial charge in [0.2, 0.25) is 5.91 Å². The highest BCUT2D eigenvalue weighted by atomic mass is 79.9. The van der Waals surface area contributed by atoms with Gasteiger partial charge in [0.25, 0.3) is 0 Å². The van der Waals surface area contributed by atoms with E-state index < -0.39 is 0 Å². The Hall–Kier alpha value is -1.31. The minimum Gasteiger partial charge on any atom is -0.490 e. The molecule has 2 aliphatic heterocycles. The van der Waals surface area contributed by atoms with Crippen LogP contribution in [0.25, 0.3) is 0 Å². The molecule has 6 nitrogen and oxygen atoms in total. The number of halogens is 1. The van der Waals surface area contributed by atoms with Crippen LogP contribution in [0.4, 0.5) is 0 Å². The zero-order chi connectivity index (χ0) is 17.6. The van der Waals surface area contributed by atoms with Crippen molar-refractivity contribution in [1.82, 2.24) is 15.5 Å². The highest BCUT2D eigenvalue weighted by Crippen LogP contribution is 2.38. The highest BCUT2D eigenvalue weighted by Gasteiger charge is 2.21. The van der Waals surface area contributed by atoms with Gasteiger partial charge < -0.3 is 20.1 Å². The largest absolute Gasteiger partial charge is 0.490 e. The quantitative estimate of drug-likeness (QED) is 0.774. The van der Waals surface area contributed by atoms with E-state index in [0.717, 1.165) is 54.9 Å². The molecule has 25 heavy (non-hydrogen) atoms. The lowest BCUT2D eigenvalue weighted by Crippen LogP contribution is -2.45. The van der Waals surface area contributed by atoms with Crippen molar-refractivity contribution in [2.45, 2.75) is 31.8 Å². The Morgan fingerprint density at radius 3 is 2.80 bits per heavy atom. The van der Waals surface area contributed by atoms with Gasteiger partial charge in [-0.1, -0.05) is 0 Å². The molecule has 0 aliphatic carbocycles. The third kappa shape index (κ3) is 5.09. The molecule has 0 bridgehead atoms. The Bertz CT molecular complexity index is 603. The second kappa shape index (κ2) is 8.87. The number of likely N-dealkylation sites (tertiary alicyclic amines) is 1. The van der Waals surface area contributed by atoms with Crippen LogP contribution >= 0.6 is 15.9 Å². The van der Waals surface area contributed by atoms with E-state index in [-0.39, 0.29) is 5.91 Å². The number of ether oxygens (including phenoxy) is 2. The average Bonchev–Trinajstić information content (AvgIpc) is 2.87. The van der Waals surface area contributed by atoms with E-state index >= 15 is 0 Å². The fourth-order valence-corrected chi connectivity index (χ4v) is 3.83. The number of hydrogen-bond acceptors (Lipinski definition) is 5. The molecule has 0 radical (unpaired) electrons. The number of carbonyl (C=O) groups excluding carboxylic acids is 1. The number of benzene rings is 1. The first-order valence-electron chi connectivity index (χ1n) is 8.90. The molecule has 0 aromatic heterocycles. The van der Waals surface area contributed by atoms with E-state index in [1.807, 2.05) is 0 Å². The number of nitrogens with zero attached hydrogens (tertiary/aromatic N) is 1. The summed E-state index contributed by atoms with van der Waals surface area (Å²) >= 11 is 3.59. The number of likely N-dealkylation sites (N-methyl/N-ethyl adjacent to an activating group) is 1. The summed E-state index contributed by atoms with van der Waals surface area (Å²) in [7, 11) is 1.68. The van der Waals surface area contributed by atoms with E-state index in [9.17, 15) is 4.79 Å². The summed E-state index contributed by atoms with van der Waals surface area (Å²) < 4.78 is 12.5. The molecule has 1 amide bonds. The van der Waals surface area contributed by atoms with Gasteiger partial charge in [-0.05, 0) is 46.5 Å². The maximum absolute atomic E-state index is 11.5. The van der Waals surface area contributed by atoms with Gasteiger partial charge in [-0.25, -0.2) is 0 Å². The zero-order valence-electron chi connectivity index (χ0n) is 14.6. The molecule has 2 aliphatic rings. The molecule has 3 rings (SSSR count). The zero-order valence-corrected chi connectivity index (χ0v) is 16.2. The lowest BCUT2D eigenvalue weighted by Gasteiger charge is -2.32. The minimum absolute atomic E-state index is 0.0865. The van der Waals surface area contributed by atoms with Crippen molar-refractivity contribution in [3.63, 3.8) is 0 Å². The van der Waals surface area contributed by atoms with Crippen molar-refractivity contribution in [1.29, 1.82) is 0 Å². The SMILES string of the molecule is CNC(=O)CN1CCC(NCc2cc(Br)c3c(c2)OCCCO3)CC1. The van der Waals surface area contributed by atoms with Gasteiger partial charge in [0.05, 0.1) is 24.2 Å². The summed E-state index contributed by atoms with van der Waals surface area (Å²) in [5.41, 5.74) is 1.18. The summed E-state index contributed by atoms with van der Waals surface area (Å²) in [5, 5.41) is 6.31. The van der Waals surface area contributed by atoms with Crippen LogP contribution in [0, 0.1) is 0 Å². The van der Waals surface area contributed by atoms with E-state index in [1.54, 1.807) is 7.05 Å². The first kappa shape index (κ1) is 18.5. The summed E-state index contributed by atoms with van der Waals surface area (Å²) in [6.45, 7) is 4.59. The minimum atomic E-state index is 0.0865. The van der Waals surface area contributed by atoms with Crippen LogP contribution in [0.15, 0.2) is 16.6 Å². The summed E-state index contributed by atoms with van der Waals surface area (Å²) in [5.74, 6) is 1.72. The molecule has 0 unspecified atom stereocenters. The molecule has 2 N–H and O–H groups in total. The second-order valence-corrected chi connectivity index (χ2v) is 7.41. The first-order valence-corrected chi connectivity index (χ1v) is 9.69. The molecule has 1 fully saturated rings. The Labute approximate surface area is 157 Å². The lowest BCUT2D eigenvalue weighted by molar-refractivity contribution is -0.122. The van der Waals surface area contributed by atoms with Crippen LogP contribution in [0.3, 0.4) is 0 Å². The second-order valence-electron chi connectivity index (χ2n) is 6.56. The average molecular weight is 412 g/mol. The van der Waals surface area contributed by atoms with Gasteiger partial charge in [0.1, 0.15) is 0 Å². The number of carbonyl (C=O) groups is 1. The summed E-state index contributed by atoms with van der Waals surface area (Å²) in [6.07, 6.45) is 3.02. The van der Waals surface area contributed by atoms with Gasteiger partial charge in [-0.2, -0.15) is 0 Å². The van der Waals surface area contributed by atoms with Gasteiger partial charge in [0.15, 0.2) is 11.5 Å². The van der Waals surface area contributed by atoms with Crippen LogP contribution < -0.4 is 20.1 Å². The van der Waals surface area contributed by atoms with Crippen molar-refractivity contribution in [3.8, 4) is 11.5 Å². The lowest BCUT2D eigenvalue weighted by atomic mass is 10.0. The molecule has 1 saturated heterocycles. The van der Waals surface area contributed by atoms with Gasteiger partial charge in [-0.15, -0.1) is 0 Å². The van der Waals surface area contributed by atoms with Crippen LogP contribution in [-0.4, -0.2) is 56.7 Å². The standard InChI is InChI=1S/C18H26BrN3O3/c1-20-17(23)12-22-5-3-14(4-6-22)21-11-13-9-15(19)18-16(10-13)24-7-2-8-25-18/h9-10,14,21H,2-8,11-12H2,1H3,(H,20,23). The third-order valence-electron chi connectivity index (χ3n) is 4.69. The molecule has 1 aromatic rings. The maximum atomic E-state index is 11.5. The number of piperidine rings is 1. The topological polar surface area (TPSA) is 62.8 Å². The Morgan fingerprint density at radius 2 is 2.04 bits per heavy atom. The Balaban J connectivity index is 1.50. The number of nitrogens with one attached hydrogen (secondary N) is 2. The van der Waals surface area contributed by atoms with Crippen LogP contribution in [0.1, 0.15) is 24.8 Å². The normalized spacial score (nSPS) is 18.6. The molecule has 7 heteroatoms. The van der Waals surface area contributed by atoms with Crippen molar-refractivity contribution >= 4 is 21.8 Å². The molecule has 2 heterocycles. The molecule has 1 aromatic carbocycles. The van der Waals surface area contributed by atoms with Gasteiger partial charge in [0, 0.05) is 39.1 Å². The summed E-state index contributed by atoms with van der Waals surface area (Å²) in [6, 6.07) is 4.65. The van der Waals surface area contributed by atoms with Crippen LogP contribution in [0.5, 0.6) is 11.5 Å². The number of fused-ring (bicyclic) bond motifs is 1. The van der Waals surface area contributed by atoms with Gasteiger partial charge >= 0.3 is 0 Å². The predicted octanol–water partition coefficient (Wildman–Crippen LogP) is 1.91. The maximum Gasteiger partial charge on any atom is 0.233 e. The van der Waals surface area contributed by atoms with Crippen LogP contribution in [-0.2, 0) is 11.3 Å². The highest BCUT2D eigenvalue weighted by molar-refractivity contribution is 9.10. The van der Waals surface area contributed by atoms with Crippen molar-refractivity contribution in [3.05, 3.63) is 22.2 Å². The predicted molar refractivity (Wildman–Crippen MR) is 100 cm³/mol. The monoisotopic (exact) mass is 411 g/mol. The molecular formula is C18H26BrN3O3. The molecule has 0 saturated carbocycles. The molecule has 0 spiro atoms.